The quantitative estimate of drug-likeness (QED) is 0.884. The lowest BCUT2D eigenvalue weighted by Gasteiger charge is -2.23. The third kappa shape index (κ3) is 3.74. The van der Waals surface area contributed by atoms with Gasteiger partial charge in [-0.05, 0) is 25.5 Å². The van der Waals surface area contributed by atoms with E-state index < -0.39 is 0 Å². The molecule has 1 aromatic carbocycles. The molecule has 0 saturated carbocycles. The molecule has 1 heterocycles. The van der Waals surface area contributed by atoms with Crippen LogP contribution < -0.4 is 5.32 Å². The summed E-state index contributed by atoms with van der Waals surface area (Å²) in [7, 11) is 0. The van der Waals surface area contributed by atoms with Gasteiger partial charge in [0.25, 0.3) is 0 Å². The van der Waals surface area contributed by atoms with Crippen LogP contribution in [0.15, 0.2) is 24.3 Å². The first-order valence-electron chi connectivity index (χ1n) is 5.42. The standard InChI is InChI=1S/C12H16FNO.ClH/c13-12-6-2-1-4-10(12)9-15-11-5-3-7-14-8-11;/h1-2,4,6,11,14H,3,5,7-9H2;1H/t11-;/m1./s1. The summed E-state index contributed by atoms with van der Waals surface area (Å²) >= 11 is 0. The van der Waals surface area contributed by atoms with Crippen LogP contribution in [0.4, 0.5) is 4.39 Å². The van der Waals surface area contributed by atoms with Crippen molar-refractivity contribution in [1.29, 1.82) is 0 Å². The van der Waals surface area contributed by atoms with Crippen molar-refractivity contribution in [3.63, 3.8) is 0 Å². The highest BCUT2D eigenvalue weighted by molar-refractivity contribution is 5.85. The molecule has 4 heteroatoms. The molecule has 0 radical (unpaired) electrons. The molecule has 1 fully saturated rings. The van der Waals surface area contributed by atoms with E-state index in [1.54, 1.807) is 12.1 Å². The van der Waals surface area contributed by atoms with Gasteiger partial charge in [0.05, 0.1) is 12.7 Å². The highest BCUT2D eigenvalue weighted by atomic mass is 35.5. The maximum atomic E-state index is 13.2. The minimum atomic E-state index is -0.179. The van der Waals surface area contributed by atoms with Crippen LogP contribution in [0.25, 0.3) is 0 Å². The van der Waals surface area contributed by atoms with E-state index in [2.05, 4.69) is 5.32 Å². The molecule has 0 spiro atoms. The van der Waals surface area contributed by atoms with E-state index in [4.69, 9.17) is 4.74 Å². The Morgan fingerprint density at radius 3 is 2.88 bits per heavy atom. The van der Waals surface area contributed by atoms with Crippen LogP contribution >= 0.6 is 12.4 Å². The zero-order valence-corrected chi connectivity index (χ0v) is 9.93. The summed E-state index contributed by atoms with van der Waals surface area (Å²) in [5.74, 6) is -0.179. The van der Waals surface area contributed by atoms with E-state index in [9.17, 15) is 4.39 Å². The van der Waals surface area contributed by atoms with Gasteiger partial charge in [0.2, 0.25) is 0 Å². The minimum Gasteiger partial charge on any atom is -0.372 e. The Bertz CT molecular complexity index is 316. The zero-order chi connectivity index (χ0) is 10.5. The molecule has 90 valence electrons. The van der Waals surface area contributed by atoms with Gasteiger partial charge in [-0.15, -0.1) is 12.4 Å². The molecule has 0 bridgehead atoms. The zero-order valence-electron chi connectivity index (χ0n) is 9.12. The van der Waals surface area contributed by atoms with E-state index in [0.717, 1.165) is 25.9 Å². The Hall–Kier alpha value is -0.640. The molecule has 2 rings (SSSR count). The Morgan fingerprint density at radius 1 is 1.38 bits per heavy atom. The lowest BCUT2D eigenvalue weighted by atomic mass is 10.1. The van der Waals surface area contributed by atoms with Crippen LogP contribution in [0, 0.1) is 5.82 Å². The minimum absolute atomic E-state index is 0. The van der Waals surface area contributed by atoms with Crippen LogP contribution in [0.2, 0.25) is 0 Å². The van der Waals surface area contributed by atoms with E-state index >= 15 is 0 Å². The van der Waals surface area contributed by atoms with Gasteiger partial charge in [-0.1, -0.05) is 18.2 Å². The number of benzene rings is 1. The lowest BCUT2D eigenvalue weighted by Crippen LogP contribution is -2.35. The van der Waals surface area contributed by atoms with Crippen LogP contribution in [0.1, 0.15) is 18.4 Å². The molecule has 1 aromatic rings. The second-order valence-corrected chi connectivity index (χ2v) is 3.87. The fraction of sp³-hybridized carbons (Fsp3) is 0.500. The number of rotatable bonds is 3. The van der Waals surface area contributed by atoms with Gasteiger partial charge in [0.1, 0.15) is 5.82 Å². The van der Waals surface area contributed by atoms with E-state index in [-0.39, 0.29) is 24.3 Å². The summed E-state index contributed by atoms with van der Waals surface area (Å²) in [4.78, 5) is 0. The number of hydrogen-bond donors (Lipinski definition) is 1. The van der Waals surface area contributed by atoms with Crippen molar-refractivity contribution in [3.8, 4) is 0 Å². The molecule has 0 aromatic heterocycles. The van der Waals surface area contributed by atoms with Gasteiger partial charge in [-0.2, -0.15) is 0 Å². The molecule has 2 nitrogen and oxygen atoms in total. The van der Waals surface area contributed by atoms with Crippen molar-refractivity contribution in [1.82, 2.24) is 5.32 Å². The van der Waals surface area contributed by atoms with Crippen molar-refractivity contribution in [2.24, 2.45) is 0 Å². The van der Waals surface area contributed by atoms with Gasteiger partial charge in [-0.25, -0.2) is 4.39 Å². The predicted molar refractivity (Wildman–Crippen MR) is 64.3 cm³/mol. The molecular weight excluding hydrogens is 229 g/mol. The Labute approximate surface area is 102 Å². The molecular formula is C12H17ClFNO. The summed E-state index contributed by atoms with van der Waals surface area (Å²) in [5.41, 5.74) is 0.642. The molecule has 0 unspecified atom stereocenters. The van der Waals surface area contributed by atoms with Gasteiger partial charge in [0.15, 0.2) is 0 Å². The fourth-order valence-corrected chi connectivity index (χ4v) is 1.79. The van der Waals surface area contributed by atoms with Crippen molar-refractivity contribution >= 4 is 12.4 Å². The van der Waals surface area contributed by atoms with Crippen LogP contribution in [0.5, 0.6) is 0 Å². The molecule has 1 atom stereocenters. The van der Waals surface area contributed by atoms with Gasteiger partial charge < -0.3 is 10.1 Å². The van der Waals surface area contributed by atoms with Crippen molar-refractivity contribution in [3.05, 3.63) is 35.6 Å². The average molecular weight is 246 g/mol. The molecule has 1 aliphatic rings. The third-order valence-electron chi connectivity index (χ3n) is 2.68. The average Bonchev–Trinajstić information content (AvgIpc) is 2.29. The van der Waals surface area contributed by atoms with Crippen LogP contribution in [-0.2, 0) is 11.3 Å². The smallest absolute Gasteiger partial charge is 0.128 e. The highest BCUT2D eigenvalue weighted by Gasteiger charge is 2.13. The van der Waals surface area contributed by atoms with Crippen LogP contribution in [-0.4, -0.2) is 19.2 Å². The Balaban J connectivity index is 0.00000128. The van der Waals surface area contributed by atoms with Crippen molar-refractivity contribution < 1.29 is 9.13 Å². The summed E-state index contributed by atoms with van der Waals surface area (Å²) in [6.45, 7) is 2.33. The number of halogens is 2. The molecule has 16 heavy (non-hydrogen) atoms. The SMILES string of the molecule is Cl.Fc1ccccc1CO[C@@H]1CCCNC1. The fourth-order valence-electron chi connectivity index (χ4n) is 1.79. The lowest BCUT2D eigenvalue weighted by molar-refractivity contribution is 0.0239. The maximum absolute atomic E-state index is 13.2. The first-order valence-corrected chi connectivity index (χ1v) is 5.42. The van der Waals surface area contributed by atoms with E-state index in [1.165, 1.54) is 6.07 Å². The number of hydrogen-bond acceptors (Lipinski definition) is 2. The summed E-state index contributed by atoms with van der Waals surface area (Å²) < 4.78 is 18.9. The molecule has 1 aliphatic heterocycles. The van der Waals surface area contributed by atoms with Gasteiger partial charge in [0, 0.05) is 12.1 Å². The molecule has 0 amide bonds. The van der Waals surface area contributed by atoms with Crippen LogP contribution in [0.3, 0.4) is 0 Å². The number of nitrogens with one attached hydrogen (secondary N) is 1. The molecule has 1 saturated heterocycles. The number of piperidine rings is 1. The first-order chi connectivity index (χ1) is 7.36. The summed E-state index contributed by atoms with van der Waals surface area (Å²) in [5, 5.41) is 3.27. The molecule has 0 aliphatic carbocycles. The van der Waals surface area contributed by atoms with Crippen molar-refractivity contribution in [2.45, 2.75) is 25.6 Å². The maximum Gasteiger partial charge on any atom is 0.128 e. The van der Waals surface area contributed by atoms with Gasteiger partial charge >= 0.3 is 0 Å². The second-order valence-electron chi connectivity index (χ2n) is 3.87. The Morgan fingerprint density at radius 2 is 2.19 bits per heavy atom. The third-order valence-corrected chi connectivity index (χ3v) is 2.68. The monoisotopic (exact) mass is 245 g/mol. The summed E-state index contributed by atoms with van der Waals surface area (Å²) in [6, 6.07) is 6.77. The number of ether oxygens (including phenoxy) is 1. The topological polar surface area (TPSA) is 21.3 Å². The highest BCUT2D eigenvalue weighted by Crippen LogP contribution is 2.12. The normalized spacial score (nSPS) is 20.2. The molecule has 1 N–H and O–H groups in total. The van der Waals surface area contributed by atoms with E-state index in [0.29, 0.717) is 12.2 Å². The predicted octanol–water partition coefficient (Wildman–Crippen LogP) is 2.52. The summed E-state index contributed by atoms with van der Waals surface area (Å²) in [6.07, 6.45) is 2.45. The van der Waals surface area contributed by atoms with E-state index in [1.807, 2.05) is 6.07 Å². The second kappa shape index (κ2) is 6.84. The largest absolute Gasteiger partial charge is 0.372 e. The van der Waals surface area contributed by atoms with Crippen molar-refractivity contribution in [2.75, 3.05) is 13.1 Å². The Kier molecular flexibility index (Phi) is 5.74. The van der Waals surface area contributed by atoms with Gasteiger partial charge in [-0.3, -0.25) is 0 Å². The first kappa shape index (κ1) is 13.4.